The van der Waals surface area contributed by atoms with E-state index in [1.807, 2.05) is 0 Å². The molecule has 0 saturated heterocycles. The standard InChI is InChI=1S/C18H18O5S/c1-22-12-17(18(19)23-2)16-11-7-6-8-14(16)13-24(20,21)15-9-4-3-5-10-15/h3-12H,13H2,1-2H3. The molecule has 0 aliphatic heterocycles. The van der Waals surface area contributed by atoms with Gasteiger partial charge in [0.2, 0.25) is 0 Å². The van der Waals surface area contributed by atoms with Crippen molar-refractivity contribution in [2.45, 2.75) is 10.6 Å². The SMILES string of the molecule is COC=C(C(=O)OC)c1ccccc1CS(=O)(=O)c1ccccc1. The van der Waals surface area contributed by atoms with Crippen LogP contribution in [0.3, 0.4) is 0 Å². The molecule has 0 unspecified atom stereocenters. The van der Waals surface area contributed by atoms with Gasteiger partial charge in [0.1, 0.15) is 5.57 Å². The van der Waals surface area contributed by atoms with E-state index >= 15 is 0 Å². The highest BCUT2D eigenvalue weighted by Crippen LogP contribution is 2.25. The number of carbonyl (C=O) groups is 1. The monoisotopic (exact) mass is 346 g/mol. The predicted molar refractivity (Wildman–Crippen MR) is 90.8 cm³/mol. The fourth-order valence-corrected chi connectivity index (χ4v) is 3.67. The molecule has 126 valence electrons. The van der Waals surface area contributed by atoms with Crippen LogP contribution in [0.2, 0.25) is 0 Å². The van der Waals surface area contributed by atoms with Gasteiger partial charge in [0.25, 0.3) is 0 Å². The van der Waals surface area contributed by atoms with Gasteiger partial charge in [0.15, 0.2) is 9.84 Å². The highest BCUT2D eigenvalue weighted by molar-refractivity contribution is 7.90. The zero-order valence-electron chi connectivity index (χ0n) is 13.4. The predicted octanol–water partition coefficient (Wildman–Crippen LogP) is 2.82. The second kappa shape index (κ2) is 7.79. The summed E-state index contributed by atoms with van der Waals surface area (Å²) in [5.41, 5.74) is 1.12. The van der Waals surface area contributed by atoms with E-state index < -0.39 is 15.8 Å². The Hall–Kier alpha value is -2.60. The fraction of sp³-hybridized carbons (Fsp3) is 0.167. The molecule has 0 N–H and O–H groups in total. The molecule has 2 rings (SSSR count). The summed E-state index contributed by atoms with van der Waals surface area (Å²) in [6.45, 7) is 0. The second-order valence-corrected chi connectivity index (χ2v) is 6.98. The highest BCUT2D eigenvalue weighted by atomic mass is 32.2. The Morgan fingerprint density at radius 2 is 1.62 bits per heavy atom. The molecule has 0 radical (unpaired) electrons. The van der Waals surface area contributed by atoms with Crippen LogP contribution in [0.1, 0.15) is 11.1 Å². The van der Waals surface area contributed by atoms with Crippen LogP contribution >= 0.6 is 0 Å². The first-order valence-electron chi connectivity index (χ1n) is 7.17. The minimum absolute atomic E-state index is 0.166. The van der Waals surface area contributed by atoms with Gasteiger partial charge in [-0.15, -0.1) is 0 Å². The molecule has 5 nitrogen and oxygen atoms in total. The average Bonchev–Trinajstić information content (AvgIpc) is 2.60. The molecule has 0 aliphatic carbocycles. The van der Waals surface area contributed by atoms with Crippen molar-refractivity contribution in [3.8, 4) is 0 Å². The molecule has 2 aromatic rings. The summed E-state index contributed by atoms with van der Waals surface area (Å²) in [4.78, 5) is 12.2. The molecular weight excluding hydrogens is 328 g/mol. The summed E-state index contributed by atoms with van der Waals surface area (Å²) in [7, 11) is -0.869. The summed E-state index contributed by atoms with van der Waals surface area (Å²) >= 11 is 0. The van der Waals surface area contributed by atoms with Crippen LogP contribution in [0.4, 0.5) is 0 Å². The van der Waals surface area contributed by atoms with E-state index in [9.17, 15) is 13.2 Å². The van der Waals surface area contributed by atoms with Gasteiger partial charge in [-0.05, 0) is 23.3 Å². The van der Waals surface area contributed by atoms with Crippen LogP contribution in [-0.4, -0.2) is 28.6 Å². The van der Waals surface area contributed by atoms with Gasteiger partial charge in [-0.3, -0.25) is 0 Å². The van der Waals surface area contributed by atoms with Crippen molar-refractivity contribution in [1.82, 2.24) is 0 Å². The summed E-state index contributed by atoms with van der Waals surface area (Å²) in [5.74, 6) is -0.827. The Balaban J connectivity index is 2.46. The van der Waals surface area contributed by atoms with Crippen LogP contribution < -0.4 is 0 Å². The molecule has 0 atom stereocenters. The molecule has 0 fully saturated rings. The van der Waals surface area contributed by atoms with E-state index in [-0.39, 0.29) is 16.2 Å². The first kappa shape index (κ1) is 17.7. The van der Waals surface area contributed by atoms with Gasteiger partial charge in [-0.2, -0.15) is 0 Å². The number of benzene rings is 2. The molecule has 0 heterocycles. The summed E-state index contributed by atoms with van der Waals surface area (Å²) in [5, 5.41) is 0. The van der Waals surface area contributed by atoms with Crippen molar-refractivity contribution in [2.24, 2.45) is 0 Å². The molecule has 0 aromatic heterocycles. The molecule has 2 aromatic carbocycles. The van der Waals surface area contributed by atoms with E-state index in [4.69, 9.17) is 9.47 Å². The zero-order chi connectivity index (χ0) is 17.6. The third kappa shape index (κ3) is 4.02. The normalized spacial score (nSPS) is 11.8. The van der Waals surface area contributed by atoms with Gasteiger partial charge >= 0.3 is 5.97 Å². The molecule has 0 bridgehead atoms. The van der Waals surface area contributed by atoms with Gasteiger partial charge in [0, 0.05) is 0 Å². The maximum absolute atomic E-state index is 12.6. The summed E-state index contributed by atoms with van der Waals surface area (Å²) in [6, 6.07) is 15.0. The maximum atomic E-state index is 12.6. The third-order valence-corrected chi connectivity index (χ3v) is 5.08. The molecule has 0 saturated carbocycles. The Bertz CT molecular complexity index is 839. The van der Waals surface area contributed by atoms with E-state index in [1.54, 1.807) is 54.6 Å². The van der Waals surface area contributed by atoms with Crippen LogP contribution in [0.15, 0.2) is 65.8 Å². The van der Waals surface area contributed by atoms with Crippen molar-refractivity contribution in [3.63, 3.8) is 0 Å². The first-order valence-corrected chi connectivity index (χ1v) is 8.82. The van der Waals surface area contributed by atoms with E-state index in [0.717, 1.165) is 0 Å². The van der Waals surface area contributed by atoms with Crippen LogP contribution in [-0.2, 0) is 29.9 Å². The number of rotatable bonds is 6. The summed E-state index contributed by atoms with van der Waals surface area (Å²) in [6.07, 6.45) is 1.25. The number of carbonyl (C=O) groups excluding carboxylic acids is 1. The lowest BCUT2D eigenvalue weighted by Crippen LogP contribution is -2.10. The lowest BCUT2D eigenvalue weighted by Gasteiger charge is -2.12. The van der Waals surface area contributed by atoms with Gasteiger partial charge in [-0.25, -0.2) is 13.2 Å². The molecule has 0 aliphatic rings. The number of ether oxygens (including phenoxy) is 2. The zero-order valence-corrected chi connectivity index (χ0v) is 14.2. The number of esters is 1. The maximum Gasteiger partial charge on any atom is 0.341 e. The molecule has 24 heavy (non-hydrogen) atoms. The van der Waals surface area contributed by atoms with E-state index in [0.29, 0.717) is 11.1 Å². The van der Waals surface area contributed by atoms with Gasteiger partial charge in [-0.1, -0.05) is 42.5 Å². The number of hydrogen-bond acceptors (Lipinski definition) is 5. The van der Waals surface area contributed by atoms with Crippen molar-refractivity contribution < 1.29 is 22.7 Å². The summed E-state index contributed by atoms with van der Waals surface area (Å²) < 4.78 is 34.9. The largest absolute Gasteiger partial charge is 0.503 e. The van der Waals surface area contributed by atoms with Gasteiger partial charge in [0.05, 0.1) is 31.1 Å². The Morgan fingerprint density at radius 1 is 1.00 bits per heavy atom. The van der Waals surface area contributed by atoms with Gasteiger partial charge < -0.3 is 9.47 Å². The quantitative estimate of drug-likeness (QED) is 0.457. The lowest BCUT2D eigenvalue weighted by molar-refractivity contribution is -0.133. The second-order valence-electron chi connectivity index (χ2n) is 4.99. The average molecular weight is 346 g/mol. The highest BCUT2D eigenvalue weighted by Gasteiger charge is 2.21. The van der Waals surface area contributed by atoms with E-state index in [1.165, 1.54) is 20.5 Å². The van der Waals surface area contributed by atoms with Crippen LogP contribution in [0.25, 0.3) is 5.57 Å². The number of methoxy groups -OCH3 is 2. The smallest absolute Gasteiger partial charge is 0.341 e. The lowest BCUT2D eigenvalue weighted by atomic mass is 10.0. The topological polar surface area (TPSA) is 69.7 Å². The fourth-order valence-electron chi connectivity index (χ4n) is 2.27. The molecule has 0 spiro atoms. The van der Waals surface area contributed by atoms with E-state index in [2.05, 4.69) is 0 Å². The first-order chi connectivity index (χ1) is 11.5. The van der Waals surface area contributed by atoms with Crippen LogP contribution in [0.5, 0.6) is 0 Å². The number of sulfone groups is 1. The minimum atomic E-state index is -3.54. The molecular formula is C18H18O5S. The minimum Gasteiger partial charge on any atom is -0.503 e. The number of hydrogen-bond donors (Lipinski definition) is 0. The van der Waals surface area contributed by atoms with Crippen molar-refractivity contribution in [2.75, 3.05) is 14.2 Å². The third-order valence-electron chi connectivity index (χ3n) is 3.40. The van der Waals surface area contributed by atoms with Crippen LogP contribution in [0, 0.1) is 0 Å². The Kier molecular flexibility index (Phi) is 5.76. The Labute approximate surface area is 141 Å². The molecule has 0 amide bonds. The van der Waals surface area contributed by atoms with Crippen molar-refractivity contribution in [1.29, 1.82) is 0 Å². The molecule has 6 heteroatoms. The van der Waals surface area contributed by atoms with Crippen molar-refractivity contribution in [3.05, 3.63) is 72.0 Å². The Morgan fingerprint density at radius 3 is 2.25 bits per heavy atom. The van der Waals surface area contributed by atoms with Crippen molar-refractivity contribution >= 4 is 21.4 Å².